The van der Waals surface area contributed by atoms with E-state index in [-0.39, 0.29) is 28.8 Å². The Morgan fingerprint density at radius 1 is 0.957 bits per heavy atom. The van der Waals surface area contributed by atoms with Gasteiger partial charge in [-0.25, -0.2) is 0 Å². The number of fused-ring (bicyclic) bond motifs is 1. The topological polar surface area (TPSA) is 26.3 Å². The van der Waals surface area contributed by atoms with Crippen molar-refractivity contribution in [1.82, 2.24) is 0 Å². The van der Waals surface area contributed by atoms with E-state index in [1.807, 2.05) is 0 Å². The van der Waals surface area contributed by atoms with Crippen molar-refractivity contribution in [1.29, 1.82) is 0 Å². The average molecular weight is 323 g/mol. The summed E-state index contributed by atoms with van der Waals surface area (Å²) in [4.78, 5) is 12.9. The average Bonchev–Trinajstić information content (AvgIpc) is 2.42. The predicted octanol–water partition coefficient (Wildman–Crippen LogP) is 5.99. The van der Waals surface area contributed by atoms with Crippen LogP contribution in [-0.4, -0.2) is 12.1 Å². The molecular weight excluding hydrogens is 284 g/mol. The molecule has 0 aromatic heterocycles. The molecule has 0 aliphatic heterocycles. The van der Waals surface area contributed by atoms with Gasteiger partial charge in [-0.05, 0) is 48.3 Å². The van der Waals surface area contributed by atoms with Crippen molar-refractivity contribution in [3.8, 4) is 0 Å². The summed E-state index contributed by atoms with van der Waals surface area (Å²) < 4.78 is 6.04. The molecular formula is C21H38O2. The highest BCUT2D eigenvalue weighted by molar-refractivity contribution is 5.73. The van der Waals surface area contributed by atoms with Crippen LogP contribution in [-0.2, 0) is 9.53 Å². The molecule has 2 saturated carbocycles. The molecule has 23 heavy (non-hydrogen) atoms. The van der Waals surface area contributed by atoms with E-state index in [1.54, 1.807) is 0 Å². The number of carbonyl (C=O) groups excluding carboxylic acids is 1. The number of carbonyl (C=O) groups is 1. The van der Waals surface area contributed by atoms with Gasteiger partial charge in [-0.2, -0.15) is 0 Å². The third kappa shape index (κ3) is 5.50. The minimum Gasteiger partial charge on any atom is -0.462 e. The summed E-state index contributed by atoms with van der Waals surface area (Å²) in [6.45, 7) is 13.2. The Morgan fingerprint density at radius 3 is 2.13 bits per heavy atom. The summed E-state index contributed by atoms with van der Waals surface area (Å²) in [7, 11) is 0. The van der Waals surface area contributed by atoms with Crippen molar-refractivity contribution >= 4 is 5.97 Å². The van der Waals surface area contributed by atoms with E-state index in [0.717, 1.165) is 31.1 Å². The third-order valence-electron chi connectivity index (χ3n) is 5.92. The molecule has 0 heterocycles. The minimum absolute atomic E-state index is 0.00780. The van der Waals surface area contributed by atoms with Crippen LogP contribution in [0.2, 0.25) is 0 Å². The number of rotatable bonds is 3. The zero-order valence-corrected chi connectivity index (χ0v) is 16.3. The summed E-state index contributed by atoms with van der Waals surface area (Å²) in [5, 5.41) is 0. The van der Waals surface area contributed by atoms with E-state index in [2.05, 4.69) is 41.5 Å². The highest BCUT2D eigenvalue weighted by Crippen LogP contribution is 2.42. The van der Waals surface area contributed by atoms with Gasteiger partial charge < -0.3 is 4.74 Å². The smallest absolute Gasteiger partial charge is 0.309 e. The predicted molar refractivity (Wildman–Crippen MR) is 96.2 cm³/mol. The number of hydrogen-bond acceptors (Lipinski definition) is 2. The van der Waals surface area contributed by atoms with Crippen LogP contribution >= 0.6 is 0 Å². The van der Waals surface area contributed by atoms with Gasteiger partial charge in [0.25, 0.3) is 0 Å². The van der Waals surface area contributed by atoms with Crippen molar-refractivity contribution in [2.24, 2.45) is 28.6 Å². The molecule has 0 aromatic rings. The van der Waals surface area contributed by atoms with Crippen molar-refractivity contribution in [2.75, 3.05) is 0 Å². The van der Waals surface area contributed by atoms with Crippen molar-refractivity contribution < 1.29 is 9.53 Å². The second-order valence-electron chi connectivity index (χ2n) is 10.4. The molecule has 0 radical (unpaired) electrons. The lowest BCUT2D eigenvalue weighted by Gasteiger charge is -2.40. The van der Waals surface area contributed by atoms with Gasteiger partial charge in [-0.15, -0.1) is 0 Å². The van der Waals surface area contributed by atoms with Gasteiger partial charge in [0.05, 0.1) is 5.92 Å². The Bertz CT molecular complexity index is 399. The van der Waals surface area contributed by atoms with E-state index in [0.29, 0.717) is 0 Å². The fourth-order valence-corrected chi connectivity index (χ4v) is 4.54. The van der Waals surface area contributed by atoms with Crippen molar-refractivity contribution in [2.45, 2.75) is 99.0 Å². The molecule has 0 spiro atoms. The van der Waals surface area contributed by atoms with Gasteiger partial charge in [0.15, 0.2) is 0 Å². The van der Waals surface area contributed by atoms with Gasteiger partial charge in [0.1, 0.15) is 6.10 Å². The Balaban J connectivity index is 1.95. The molecule has 0 N–H and O–H groups in total. The zero-order chi connectivity index (χ0) is 17.3. The Labute approximate surface area is 143 Å². The lowest BCUT2D eigenvalue weighted by Crippen LogP contribution is -2.38. The molecule has 0 aromatic carbocycles. The largest absolute Gasteiger partial charge is 0.462 e. The first-order valence-corrected chi connectivity index (χ1v) is 9.77. The van der Waals surface area contributed by atoms with Crippen LogP contribution in [0.15, 0.2) is 0 Å². The second kappa shape index (κ2) is 7.15. The monoisotopic (exact) mass is 322 g/mol. The summed E-state index contributed by atoms with van der Waals surface area (Å²) in [5.41, 5.74) is 0.115. The first-order valence-electron chi connectivity index (χ1n) is 9.77. The lowest BCUT2D eigenvalue weighted by atomic mass is 9.70. The van der Waals surface area contributed by atoms with Crippen molar-refractivity contribution in [3.63, 3.8) is 0 Å². The quantitative estimate of drug-likeness (QED) is 0.597. The van der Waals surface area contributed by atoms with E-state index in [1.165, 1.54) is 32.1 Å². The van der Waals surface area contributed by atoms with Crippen LogP contribution < -0.4 is 0 Å². The maximum atomic E-state index is 12.9. The third-order valence-corrected chi connectivity index (χ3v) is 5.92. The number of esters is 1. The number of ether oxygens (including phenoxy) is 1. The van der Waals surface area contributed by atoms with Crippen LogP contribution in [0.25, 0.3) is 0 Å². The maximum Gasteiger partial charge on any atom is 0.309 e. The first kappa shape index (κ1) is 18.8. The van der Waals surface area contributed by atoms with E-state index >= 15 is 0 Å². The Morgan fingerprint density at radius 2 is 1.57 bits per heavy atom. The van der Waals surface area contributed by atoms with Crippen LogP contribution in [0, 0.1) is 28.6 Å². The van der Waals surface area contributed by atoms with Gasteiger partial charge in [-0.1, -0.05) is 67.2 Å². The first-order chi connectivity index (χ1) is 10.6. The molecule has 4 atom stereocenters. The van der Waals surface area contributed by atoms with E-state index in [9.17, 15) is 4.79 Å². The SMILES string of the molecule is CC(C)(C)CC(C(=O)OC1CCC2CCCCC2C1)C(C)(C)C. The summed E-state index contributed by atoms with van der Waals surface area (Å²) in [6.07, 6.45) is 10.1. The molecule has 2 nitrogen and oxygen atoms in total. The molecule has 4 unspecified atom stereocenters. The molecule has 0 bridgehead atoms. The van der Waals surface area contributed by atoms with Crippen LogP contribution in [0.3, 0.4) is 0 Å². The Hall–Kier alpha value is -0.530. The molecule has 2 aliphatic carbocycles. The molecule has 2 rings (SSSR count). The van der Waals surface area contributed by atoms with E-state index in [4.69, 9.17) is 4.74 Å². The fourth-order valence-electron chi connectivity index (χ4n) is 4.54. The molecule has 2 aliphatic rings. The molecule has 0 amide bonds. The summed E-state index contributed by atoms with van der Waals surface area (Å²) in [6, 6.07) is 0. The molecule has 2 heteroatoms. The van der Waals surface area contributed by atoms with Gasteiger partial charge in [-0.3, -0.25) is 4.79 Å². The highest BCUT2D eigenvalue weighted by atomic mass is 16.5. The minimum atomic E-state index is -0.0353. The van der Waals surface area contributed by atoms with Gasteiger partial charge in [0.2, 0.25) is 0 Å². The van der Waals surface area contributed by atoms with Crippen LogP contribution in [0.4, 0.5) is 0 Å². The van der Waals surface area contributed by atoms with Gasteiger partial charge >= 0.3 is 5.97 Å². The summed E-state index contributed by atoms with van der Waals surface area (Å²) >= 11 is 0. The highest BCUT2D eigenvalue weighted by Gasteiger charge is 2.39. The number of hydrogen-bond donors (Lipinski definition) is 0. The summed E-state index contributed by atoms with van der Waals surface area (Å²) in [5.74, 6) is 1.76. The zero-order valence-electron chi connectivity index (χ0n) is 16.3. The normalized spacial score (nSPS) is 30.4. The Kier molecular flexibility index (Phi) is 5.85. The molecule has 0 saturated heterocycles. The van der Waals surface area contributed by atoms with Gasteiger partial charge in [0, 0.05) is 0 Å². The van der Waals surface area contributed by atoms with Crippen LogP contribution in [0.1, 0.15) is 92.9 Å². The molecule has 2 fully saturated rings. The molecule has 134 valence electrons. The van der Waals surface area contributed by atoms with Crippen LogP contribution in [0.5, 0.6) is 0 Å². The van der Waals surface area contributed by atoms with E-state index < -0.39 is 0 Å². The van der Waals surface area contributed by atoms with Crippen molar-refractivity contribution in [3.05, 3.63) is 0 Å². The lowest BCUT2D eigenvalue weighted by molar-refractivity contribution is -0.163. The second-order valence-corrected chi connectivity index (χ2v) is 10.4. The fraction of sp³-hybridized carbons (Fsp3) is 0.952. The maximum absolute atomic E-state index is 12.9. The standard InChI is InChI=1S/C21H38O2/c1-20(2,3)14-18(21(4,5)6)19(22)23-17-12-11-15-9-7-8-10-16(15)13-17/h15-18H,7-14H2,1-6H3.